The van der Waals surface area contributed by atoms with Gasteiger partial charge in [0.1, 0.15) is 6.10 Å². The second-order valence-corrected chi connectivity index (χ2v) is 18.3. The van der Waals surface area contributed by atoms with E-state index in [0.29, 0.717) is 19.3 Å². The zero-order chi connectivity index (χ0) is 43.8. The summed E-state index contributed by atoms with van der Waals surface area (Å²) in [5, 5.41) is 23.7. The van der Waals surface area contributed by atoms with E-state index in [1.807, 2.05) is 0 Å². The van der Waals surface area contributed by atoms with Gasteiger partial charge in [-0.1, -0.05) is 218 Å². The molecule has 0 aliphatic rings. The van der Waals surface area contributed by atoms with Crippen LogP contribution < -0.4 is 5.32 Å². The standard InChI is InChI=1S/C54H103NO5/c1-4-7-10-13-16-19-22-24-25-26-27-29-32-35-38-41-44-47-54(59)60-50(45-42-39-36-33-31-28-23-20-17-14-11-8-5-2)48-53(58)55-51(49-56)52(57)46-43-40-37-34-30-21-18-15-12-9-6-3/h20,23-25,50-52,56-57H,4-19,21-22,26-49H2,1-3H3,(H,55,58)/b23-20-,25-24+. The van der Waals surface area contributed by atoms with Crippen LogP contribution in [0.15, 0.2) is 24.3 Å². The first kappa shape index (κ1) is 58.3. The highest BCUT2D eigenvalue weighted by atomic mass is 16.5. The number of nitrogens with one attached hydrogen (secondary N) is 1. The van der Waals surface area contributed by atoms with E-state index in [0.717, 1.165) is 57.8 Å². The number of aliphatic hydroxyl groups excluding tert-OH is 2. The number of allylic oxidation sites excluding steroid dienone is 4. The molecule has 0 heterocycles. The summed E-state index contributed by atoms with van der Waals surface area (Å²) < 4.78 is 5.94. The van der Waals surface area contributed by atoms with Crippen LogP contribution in [0.4, 0.5) is 0 Å². The minimum absolute atomic E-state index is 0.0741. The topological polar surface area (TPSA) is 95.9 Å². The molecule has 0 aromatic carbocycles. The van der Waals surface area contributed by atoms with Gasteiger partial charge in [-0.2, -0.15) is 0 Å². The number of carbonyl (C=O) groups is 2. The molecule has 0 aliphatic heterocycles. The molecule has 6 nitrogen and oxygen atoms in total. The van der Waals surface area contributed by atoms with E-state index < -0.39 is 18.2 Å². The van der Waals surface area contributed by atoms with Crippen molar-refractivity contribution >= 4 is 11.9 Å². The van der Waals surface area contributed by atoms with E-state index >= 15 is 0 Å². The molecule has 0 saturated heterocycles. The number of rotatable bonds is 48. The van der Waals surface area contributed by atoms with Crippen molar-refractivity contribution in [1.82, 2.24) is 5.32 Å². The molecule has 0 saturated carbocycles. The Morgan fingerprint density at radius 1 is 0.467 bits per heavy atom. The Bertz CT molecular complexity index is 950. The van der Waals surface area contributed by atoms with E-state index in [2.05, 4.69) is 50.4 Å². The van der Waals surface area contributed by atoms with Crippen LogP contribution in [0.25, 0.3) is 0 Å². The summed E-state index contributed by atoms with van der Waals surface area (Å²) in [4.78, 5) is 26.1. The van der Waals surface area contributed by atoms with Crippen molar-refractivity contribution in [2.45, 2.75) is 302 Å². The Kier molecular flexibility index (Phi) is 47.0. The largest absolute Gasteiger partial charge is 0.462 e. The van der Waals surface area contributed by atoms with Gasteiger partial charge in [-0.05, 0) is 77.0 Å². The molecule has 0 radical (unpaired) electrons. The zero-order valence-electron chi connectivity index (χ0n) is 40.4. The lowest BCUT2D eigenvalue weighted by molar-refractivity contribution is -0.151. The van der Waals surface area contributed by atoms with Crippen molar-refractivity contribution in [3.05, 3.63) is 24.3 Å². The van der Waals surface area contributed by atoms with E-state index in [1.165, 1.54) is 180 Å². The molecule has 3 atom stereocenters. The van der Waals surface area contributed by atoms with Gasteiger partial charge in [0, 0.05) is 6.42 Å². The number of carbonyl (C=O) groups excluding carboxylic acids is 2. The van der Waals surface area contributed by atoms with Crippen LogP contribution in [-0.2, 0) is 14.3 Å². The van der Waals surface area contributed by atoms with E-state index in [-0.39, 0.29) is 24.9 Å². The number of amides is 1. The molecule has 354 valence electrons. The van der Waals surface area contributed by atoms with Crippen LogP contribution in [0.3, 0.4) is 0 Å². The molecule has 6 heteroatoms. The fraction of sp³-hybridized carbons (Fsp3) is 0.889. The summed E-state index contributed by atoms with van der Waals surface area (Å²) in [6.45, 7) is 6.47. The van der Waals surface area contributed by atoms with Crippen LogP contribution in [0.5, 0.6) is 0 Å². The third-order valence-electron chi connectivity index (χ3n) is 12.3. The molecule has 1 amide bonds. The molecule has 0 fully saturated rings. The molecule has 3 N–H and O–H groups in total. The fourth-order valence-electron chi connectivity index (χ4n) is 8.19. The Morgan fingerprint density at radius 3 is 1.20 bits per heavy atom. The van der Waals surface area contributed by atoms with Crippen LogP contribution in [0.1, 0.15) is 284 Å². The van der Waals surface area contributed by atoms with Crippen LogP contribution in [0.2, 0.25) is 0 Å². The lowest BCUT2D eigenvalue weighted by Crippen LogP contribution is -2.46. The zero-order valence-corrected chi connectivity index (χ0v) is 40.4. The Morgan fingerprint density at radius 2 is 0.800 bits per heavy atom. The Hall–Kier alpha value is -1.66. The lowest BCUT2D eigenvalue weighted by atomic mass is 10.0. The minimum Gasteiger partial charge on any atom is -0.462 e. The molecular weight excluding hydrogens is 743 g/mol. The van der Waals surface area contributed by atoms with Gasteiger partial charge in [-0.3, -0.25) is 9.59 Å². The maximum atomic E-state index is 13.2. The Labute approximate surface area is 373 Å². The molecule has 0 aliphatic carbocycles. The van der Waals surface area contributed by atoms with Crippen molar-refractivity contribution in [2.75, 3.05) is 6.61 Å². The van der Waals surface area contributed by atoms with Gasteiger partial charge < -0.3 is 20.3 Å². The molecule has 0 rings (SSSR count). The van der Waals surface area contributed by atoms with E-state index in [4.69, 9.17) is 4.74 Å². The highest BCUT2D eigenvalue weighted by Crippen LogP contribution is 2.18. The summed E-state index contributed by atoms with van der Waals surface area (Å²) >= 11 is 0. The number of esters is 1. The van der Waals surface area contributed by atoms with Crippen molar-refractivity contribution in [1.29, 1.82) is 0 Å². The van der Waals surface area contributed by atoms with E-state index in [1.54, 1.807) is 0 Å². The van der Waals surface area contributed by atoms with Gasteiger partial charge in [0.05, 0.1) is 25.2 Å². The van der Waals surface area contributed by atoms with Gasteiger partial charge in [0.15, 0.2) is 0 Å². The highest BCUT2D eigenvalue weighted by molar-refractivity contribution is 5.77. The van der Waals surface area contributed by atoms with Crippen molar-refractivity contribution in [3.63, 3.8) is 0 Å². The average molecular weight is 846 g/mol. The van der Waals surface area contributed by atoms with Gasteiger partial charge in [0.2, 0.25) is 5.91 Å². The third-order valence-corrected chi connectivity index (χ3v) is 12.3. The van der Waals surface area contributed by atoms with E-state index in [9.17, 15) is 19.8 Å². The van der Waals surface area contributed by atoms with Crippen molar-refractivity contribution < 1.29 is 24.5 Å². The van der Waals surface area contributed by atoms with Crippen LogP contribution >= 0.6 is 0 Å². The maximum absolute atomic E-state index is 13.2. The van der Waals surface area contributed by atoms with Crippen molar-refractivity contribution in [2.24, 2.45) is 0 Å². The summed E-state index contributed by atoms with van der Waals surface area (Å²) in [5.74, 6) is -0.475. The number of unbranched alkanes of at least 4 members (excludes halogenated alkanes) is 32. The van der Waals surface area contributed by atoms with Crippen LogP contribution in [-0.4, -0.2) is 46.9 Å². The highest BCUT2D eigenvalue weighted by Gasteiger charge is 2.24. The first-order chi connectivity index (χ1) is 29.5. The van der Waals surface area contributed by atoms with Crippen molar-refractivity contribution in [3.8, 4) is 0 Å². The molecule has 3 unspecified atom stereocenters. The van der Waals surface area contributed by atoms with Gasteiger partial charge in [0.25, 0.3) is 0 Å². The Balaban J connectivity index is 4.54. The maximum Gasteiger partial charge on any atom is 0.306 e. The predicted molar refractivity (Wildman–Crippen MR) is 260 cm³/mol. The molecule has 0 bridgehead atoms. The first-order valence-electron chi connectivity index (χ1n) is 26.6. The third kappa shape index (κ3) is 43.0. The van der Waals surface area contributed by atoms with Gasteiger partial charge >= 0.3 is 5.97 Å². The average Bonchev–Trinajstić information content (AvgIpc) is 3.24. The SMILES string of the molecule is CCCCCC/C=C\CCCCCCCC(CC(=O)NC(CO)C(O)CCCCCCCCCCCCC)OC(=O)CCCCCCCCC/C=C/CCCCCCCC. The molecular formula is C54H103NO5. The number of ether oxygens (including phenoxy) is 1. The summed E-state index contributed by atoms with van der Waals surface area (Å²) in [6, 6.07) is -0.700. The van der Waals surface area contributed by atoms with Crippen LogP contribution in [0, 0.1) is 0 Å². The summed E-state index contributed by atoms with van der Waals surface area (Å²) in [6.07, 6.45) is 55.2. The smallest absolute Gasteiger partial charge is 0.306 e. The summed E-state index contributed by atoms with van der Waals surface area (Å²) in [5.41, 5.74) is 0. The lowest BCUT2D eigenvalue weighted by Gasteiger charge is -2.24. The minimum atomic E-state index is -0.786. The molecule has 0 spiro atoms. The normalized spacial score (nSPS) is 13.3. The molecule has 60 heavy (non-hydrogen) atoms. The second kappa shape index (κ2) is 48.4. The fourth-order valence-corrected chi connectivity index (χ4v) is 8.19. The quantitative estimate of drug-likeness (QED) is 0.0322. The van der Waals surface area contributed by atoms with Gasteiger partial charge in [-0.15, -0.1) is 0 Å². The predicted octanol–water partition coefficient (Wildman–Crippen LogP) is 15.9. The molecule has 0 aromatic rings. The number of aliphatic hydroxyl groups is 2. The van der Waals surface area contributed by atoms with Gasteiger partial charge in [-0.25, -0.2) is 0 Å². The molecule has 0 aromatic heterocycles. The number of hydrogen-bond acceptors (Lipinski definition) is 5. The monoisotopic (exact) mass is 846 g/mol. The summed E-state index contributed by atoms with van der Waals surface area (Å²) in [7, 11) is 0. The number of hydrogen-bond donors (Lipinski definition) is 3. The second-order valence-electron chi connectivity index (χ2n) is 18.3. The first-order valence-corrected chi connectivity index (χ1v) is 26.6.